The Morgan fingerprint density at radius 1 is 0.438 bits per heavy atom. The SMILES string of the molecule is c1ccc(-c2nc3cc4cc(-c5nc(-c6ccc7ccccc7c6)nc(-c6cccc7oc8ccccc8c67)n5)ccc4cc3s2)cc1. The maximum Gasteiger partial charge on any atom is 0.164 e. The van der Waals surface area contributed by atoms with Gasteiger partial charge < -0.3 is 4.42 Å². The summed E-state index contributed by atoms with van der Waals surface area (Å²) >= 11 is 1.72. The van der Waals surface area contributed by atoms with Crippen molar-refractivity contribution in [3.63, 3.8) is 0 Å². The molecule has 224 valence electrons. The number of nitrogens with zero attached hydrogens (tertiary/aromatic N) is 4. The van der Waals surface area contributed by atoms with Gasteiger partial charge in [-0.05, 0) is 57.9 Å². The number of aromatic nitrogens is 4. The van der Waals surface area contributed by atoms with Crippen LogP contribution in [0, 0.1) is 0 Å². The minimum atomic E-state index is 0.600. The number of furan rings is 1. The van der Waals surface area contributed by atoms with Crippen LogP contribution < -0.4 is 0 Å². The second-order valence-corrected chi connectivity index (χ2v) is 12.9. The zero-order valence-electron chi connectivity index (χ0n) is 25.5. The largest absolute Gasteiger partial charge is 0.456 e. The van der Waals surface area contributed by atoms with E-state index in [4.69, 9.17) is 24.4 Å². The van der Waals surface area contributed by atoms with Crippen LogP contribution in [-0.2, 0) is 0 Å². The molecule has 0 aliphatic rings. The van der Waals surface area contributed by atoms with E-state index in [-0.39, 0.29) is 0 Å². The molecule has 0 saturated heterocycles. The maximum absolute atomic E-state index is 6.23. The lowest BCUT2D eigenvalue weighted by atomic mass is 10.0. The topological polar surface area (TPSA) is 64.7 Å². The van der Waals surface area contributed by atoms with Crippen LogP contribution in [0.1, 0.15) is 0 Å². The number of hydrogen-bond donors (Lipinski definition) is 0. The fourth-order valence-electron chi connectivity index (χ4n) is 6.56. The third kappa shape index (κ3) is 4.46. The van der Waals surface area contributed by atoms with E-state index in [2.05, 4.69) is 109 Å². The van der Waals surface area contributed by atoms with Gasteiger partial charge in [0.25, 0.3) is 0 Å². The minimum Gasteiger partial charge on any atom is -0.456 e. The molecule has 0 atom stereocenters. The molecule has 0 amide bonds. The fraction of sp³-hybridized carbons (Fsp3) is 0. The molecule has 0 fully saturated rings. The van der Waals surface area contributed by atoms with Crippen LogP contribution in [0.5, 0.6) is 0 Å². The first-order chi connectivity index (χ1) is 23.7. The Kier molecular flexibility index (Phi) is 5.98. The van der Waals surface area contributed by atoms with E-state index >= 15 is 0 Å². The number of fused-ring (bicyclic) bond motifs is 6. The van der Waals surface area contributed by atoms with Crippen LogP contribution in [0.15, 0.2) is 150 Å². The molecule has 0 unspecified atom stereocenters. The standard InChI is InChI=1S/C42H24N4OS/c1-2-10-26(11-3-1)42-43-34-23-31-22-30(20-18-28(31)24-37(34)48-42)40-44-39(29-19-17-25-9-4-5-12-27(25)21-29)45-41(46-40)33-14-8-16-36-38(33)32-13-6-7-15-35(32)47-36/h1-24H. The van der Waals surface area contributed by atoms with Crippen molar-refractivity contribution in [2.75, 3.05) is 0 Å². The lowest BCUT2D eigenvalue weighted by molar-refractivity contribution is 0.669. The molecular formula is C42H24N4OS. The van der Waals surface area contributed by atoms with Gasteiger partial charge in [0.2, 0.25) is 0 Å². The van der Waals surface area contributed by atoms with Crippen LogP contribution in [0.2, 0.25) is 0 Å². The van der Waals surface area contributed by atoms with Crippen molar-refractivity contribution < 1.29 is 4.42 Å². The van der Waals surface area contributed by atoms with Crippen molar-refractivity contribution in [2.24, 2.45) is 0 Å². The summed E-state index contributed by atoms with van der Waals surface area (Å²) in [6.07, 6.45) is 0. The van der Waals surface area contributed by atoms with E-state index in [1.807, 2.05) is 36.4 Å². The second kappa shape index (κ2) is 10.7. The number of hydrogen-bond acceptors (Lipinski definition) is 6. The van der Waals surface area contributed by atoms with Gasteiger partial charge in [-0.2, -0.15) is 0 Å². The van der Waals surface area contributed by atoms with Crippen LogP contribution in [0.25, 0.3) is 98.4 Å². The highest BCUT2D eigenvalue weighted by Gasteiger charge is 2.18. The fourth-order valence-corrected chi connectivity index (χ4v) is 7.56. The third-order valence-electron chi connectivity index (χ3n) is 8.91. The Balaban J connectivity index is 1.17. The number of rotatable bonds is 4. The summed E-state index contributed by atoms with van der Waals surface area (Å²) in [7, 11) is 0. The molecule has 0 N–H and O–H groups in total. The number of benzene rings is 7. The van der Waals surface area contributed by atoms with E-state index in [0.717, 1.165) is 75.6 Å². The molecule has 3 heterocycles. The molecule has 0 aliphatic heterocycles. The van der Waals surface area contributed by atoms with E-state index in [9.17, 15) is 0 Å². The Morgan fingerprint density at radius 2 is 1.10 bits per heavy atom. The van der Waals surface area contributed by atoms with Crippen molar-refractivity contribution in [1.82, 2.24) is 19.9 Å². The zero-order chi connectivity index (χ0) is 31.6. The van der Waals surface area contributed by atoms with Crippen LogP contribution in [0.3, 0.4) is 0 Å². The quantitative estimate of drug-likeness (QED) is 0.193. The van der Waals surface area contributed by atoms with Crippen molar-refractivity contribution >= 4 is 65.0 Å². The van der Waals surface area contributed by atoms with Gasteiger partial charge in [0, 0.05) is 33.0 Å². The molecule has 0 radical (unpaired) electrons. The van der Waals surface area contributed by atoms with Crippen molar-refractivity contribution in [3.8, 4) is 44.7 Å². The molecule has 7 aromatic carbocycles. The summed E-state index contributed by atoms with van der Waals surface area (Å²) in [6, 6.07) is 50.0. The molecular weight excluding hydrogens is 609 g/mol. The lowest BCUT2D eigenvalue weighted by Crippen LogP contribution is -2.00. The van der Waals surface area contributed by atoms with E-state index in [0.29, 0.717) is 17.5 Å². The predicted molar refractivity (Wildman–Crippen MR) is 197 cm³/mol. The van der Waals surface area contributed by atoms with Gasteiger partial charge in [0.15, 0.2) is 17.5 Å². The normalized spacial score (nSPS) is 11.8. The number of thiazole rings is 1. The molecule has 3 aromatic heterocycles. The lowest BCUT2D eigenvalue weighted by Gasteiger charge is -2.10. The van der Waals surface area contributed by atoms with Gasteiger partial charge >= 0.3 is 0 Å². The average Bonchev–Trinajstić information content (AvgIpc) is 3.75. The molecule has 6 heteroatoms. The first-order valence-corrected chi connectivity index (χ1v) is 16.6. The molecule has 5 nitrogen and oxygen atoms in total. The van der Waals surface area contributed by atoms with Gasteiger partial charge in [-0.3, -0.25) is 0 Å². The van der Waals surface area contributed by atoms with Crippen LogP contribution >= 0.6 is 11.3 Å². The molecule has 0 bridgehead atoms. The maximum atomic E-state index is 6.23. The third-order valence-corrected chi connectivity index (χ3v) is 9.98. The summed E-state index contributed by atoms with van der Waals surface area (Å²) in [5, 5.41) is 7.58. The van der Waals surface area contributed by atoms with Gasteiger partial charge in [-0.1, -0.05) is 109 Å². The summed E-state index contributed by atoms with van der Waals surface area (Å²) in [6.45, 7) is 0. The molecule has 48 heavy (non-hydrogen) atoms. The Hall–Kier alpha value is -6.24. The van der Waals surface area contributed by atoms with E-state index < -0.39 is 0 Å². The van der Waals surface area contributed by atoms with Gasteiger partial charge in [-0.15, -0.1) is 11.3 Å². The van der Waals surface area contributed by atoms with Crippen molar-refractivity contribution in [3.05, 3.63) is 146 Å². The average molecular weight is 633 g/mol. The molecule has 10 aromatic rings. The summed E-state index contributed by atoms with van der Waals surface area (Å²) in [5.74, 6) is 1.83. The molecule has 0 saturated carbocycles. The highest BCUT2D eigenvalue weighted by molar-refractivity contribution is 7.21. The molecule has 0 aliphatic carbocycles. The van der Waals surface area contributed by atoms with Crippen LogP contribution in [-0.4, -0.2) is 19.9 Å². The van der Waals surface area contributed by atoms with Crippen LogP contribution in [0.4, 0.5) is 0 Å². The van der Waals surface area contributed by atoms with Crippen molar-refractivity contribution in [2.45, 2.75) is 0 Å². The number of para-hydroxylation sites is 1. The second-order valence-electron chi connectivity index (χ2n) is 11.9. The zero-order valence-corrected chi connectivity index (χ0v) is 26.3. The summed E-state index contributed by atoms with van der Waals surface area (Å²) < 4.78 is 7.39. The monoisotopic (exact) mass is 632 g/mol. The first-order valence-electron chi connectivity index (χ1n) is 15.8. The van der Waals surface area contributed by atoms with Crippen molar-refractivity contribution in [1.29, 1.82) is 0 Å². The molecule has 10 rings (SSSR count). The van der Waals surface area contributed by atoms with E-state index in [1.54, 1.807) is 11.3 Å². The van der Waals surface area contributed by atoms with Gasteiger partial charge in [-0.25, -0.2) is 19.9 Å². The molecule has 0 spiro atoms. The summed E-state index contributed by atoms with van der Waals surface area (Å²) in [4.78, 5) is 20.3. The highest BCUT2D eigenvalue weighted by Crippen LogP contribution is 2.38. The Bertz CT molecular complexity index is 2860. The highest BCUT2D eigenvalue weighted by atomic mass is 32.1. The van der Waals surface area contributed by atoms with Gasteiger partial charge in [0.1, 0.15) is 16.2 Å². The van der Waals surface area contributed by atoms with E-state index in [1.165, 1.54) is 5.39 Å². The Labute approximate surface area is 278 Å². The first kappa shape index (κ1) is 26.9. The Morgan fingerprint density at radius 3 is 1.96 bits per heavy atom. The predicted octanol–water partition coefficient (Wildman–Crippen LogP) is 11.4. The van der Waals surface area contributed by atoms with Gasteiger partial charge in [0.05, 0.1) is 10.2 Å². The summed E-state index contributed by atoms with van der Waals surface area (Å²) in [5.41, 5.74) is 6.49. The minimum absolute atomic E-state index is 0.600. The smallest absolute Gasteiger partial charge is 0.164 e.